The second kappa shape index (κ2) is 3.60. The maximum absolute atomic E-state index is 12.9. The summed E-state index contributed by atoms with van der Waals surface area (Å²) < 4.78 is 25.5. The van der Waals surface area contributed by atoms with E-state index in [0.29, 0.717) is 0 Å². The summed E-state index contributed by atoms with van der Waals surface area (Å²) in [6, 6.07) is 2.51. The maximum Gasteiger partial charge on any atom is 0.128 e. The zero-order valence-corrected chi connectivity index (χ0v) is 6.43. The number of benzene rings is 1. The minimum atomic E-state index is -0.638. The van der Waals surface area contributed by atoms with Gasteiger partial charge in [0.2, 0.25) is 0 Å². The van der Waals surface area contributed by atoms with Gasteiger partial charge in [-0.05, 0) is 18.2 Å². The molecule has 0 fully saturated rings. The minimum absolute atomic E-state index is 0.0976. The van der Waals surface area contributed by atoms with Crippen molar-refractivity contribution in [1.29, 1.82) is 0 Å². The van der Waals surface area contributed by atoms with Crippen LogP contribution in [0.2, 0.25) is 0 Å². The van der Waals surface area contributed by atoms with E-state index in [-0.39, 0.29) is 12.1 Å². The summed E-state index contributed by atoms with van der Waals surface area (Å²) in [4.78, 5) is 0. The zero-order valence-electron chi connectivity index (χ0n) is 6.43. The molecule has 1 aromatic rings. The Kier molecular flexibility index (Phi) is 2.73. The van der Waals surface area contributed by atoms with Crippen LogP contribution in [-0.2, 0) is 0 Å². The second-order valence-electron chi connectivity index (χ2n) is 2.51. The van der Waals surface area contributed by atoms with Gasteiger partial charge in [0.15, 0.2) is 0 Å². The molecule has 2 nitrogen and oxygen atoms in total. The summed E-state index contributed by atoms with van der Waals surface area (Å²) >= 11 is 0. The van der Waals surface area contributed by atoms with E-state index in [9.17, 15) is 8.78 Å². The molecule has 0 amide bonds. The Morgan fingerprint density at radius 1 is 1.33 bits per heavy atom. The Morgan fingerprint density at radius 2 is 2.00 bits per heavy atom. The average Bonchev–Trinajstić information content (AvgIpc) is 2.08. The molecule has 0 radical (unpaired) electrons. The normalized spacial score (nSPS) is 13.0. The second-order valence-corrected chi connectivity index (χ2v) is 2.51. The molecule has 4 N–H and O–H groups in total. The van der Waals surface area contributed by atoms with E-state index in [0.717, 1.165) is 18.2 Å². The third-order valence-electron chi connectivity index (χ3n) is 1.61. The highest BCUT2D eigenvalue weighted by Crippen LogP contribution is 2.15. The monoisotopic (exact) mass is 172 g/mol. The quantitative estimate of drug-likeness (QED) is 0.697. The molecule has 0 saturated carbocycles. The highest BCUT2D eigenvalue weighted by molar-refractivity contribution is 5.22. The molecule has 1 atom stereocenters. The first-order valence-corrected chi connectivity index (χ1v) is 3.55. The molecular weight excluding hydrogens is 162 g/mol. The highest BCUT2D eigenvalue weighted by atomic mass is 19.1. The van der Waals surface area contributed by atoms with E-state index in [2.05, 4.69) is 0 Å². The van der Waals surface area contributed by atoms with Crippen molar-refractivity contribution in [2.24, 2.45) is 11.5 Å². The van der Waals surface area contributed by atoms with Crippen molar-refractivity contribution in [1.82, 2.24) is 0 Å². The molecular formula is C8H10F2N2. The summed E-state index contributed by atoms with van der Waals surface area (Å²) in [6.07, 6.45) is 0. The van der Waals surface area contributed by atoms with Gasteiger partial charge in [0.25, 0.3) is 0 Å². The van der Waals surface area contributed by atoms with Crippen molar-refractivity contribution >= 4 is 0 Å². The maximum atomic E-state index is 12.9. The molecule has 0 spiro atoms. The van der Waals surface area contributed by atoms with Gasteiger partial charge in [-0.3, -0.25) is 0 Å². The minimum Gasteiger partial charge on any atom is -0.329 e. The Labute approximate surface area is 69.2 Å². The average molecular weight is 172 g/mol. The molecule has 1 rings (SSSR count). The van der Waals surface area contributed by atoms with Gasteiger partial charge in [0, 0.05) is 18.2 Å². The van der Waals surface area contributed by atoms with Crippen molar-refractivity contribution in [3.8, 4) is 0 Å². The predicted molar refractivity (Wildman–Crippen MR) is 42.3 cm³/mol. The van der Waals surface area contributed by atoms with Crippen LogP contribution in [-0.4, -0.2) is 6.54 Å². The van der Waals surface area contributed by atoms with E-state index in [1.807, 2.05) is 0 Å². The van der Waals surface area contributed by atoms with Gasteiger partial charge in [-0.2, -0.15) is 0 Å². The van der Waals surface area contributed by atoms with E-state index < -0.39 is 17.7 Å². The molecule has 0 bridgehead atoms. The van der Waals surface area contributed by atoms with Gasteiger partial charge >= 0.3 is 0 Å². The largest absolute Gasteiger partial charge is 0.329 e. The lowest BCUT2D eigenvalue weighted by Crippen LogP contribution is -2.21. The summed E-state index contributed by atoms with van der Waals surface area (Å²) in [7, 11) is 0. The molecule has 1 aromatic carbocycles. The van der Waals surface area contributed by atoms with Crippen LogP contribution >= 0.6 is 0 Å². The van der Waals surface area contributed by atoms with Gasteiger partial charge in [0.1, 0.15) is 11.6 Å². The Balaban J connectivity index is 3.04. The lowest BCUT2D eigenvalue weighted by molar-refractivity contribution is 0.564. The molecule has 66 valence electrons. The Morgan fingerprint density at radius 3 is 2.58 bits per heavy atom. The summed E-state index contributed by atoms with van der Waals surface area (Å²) in [5.74, 6) is -1.02. The van der Waals surface area contributed by atoms with E-state index >= 15 is 0 Å². The molecule has 0 aliphatic carbocycles. The van der Waals surface area contributed by atoms with Crippen LogP contribution in [0.1, 0.15) is 11.6 Å². The van der Waals surface area contributed by atoms with Gasteiger partial charge in [-0.15, -0.1) is 0 Å². The molecule has 12 heavy (non-hydrogen) atoms. The van der Waals surface area contributed by atoms with Gasteiger partial charge in [0.05, 0.1) is 0 Å². The summed E-state index contributed by atoms with van der Waals surface area (Å²) in [5, 5.41) is 0. The first-order valence-electron chi connectivity index (χ1n) is 3.55. The molecule has 0 saturated heterocycles. The van der Waals surface area contributed by atoms with Gasteiger partial charge in [-0.1, -0.05) is 0 Å². The fourth-order valence-corrected chi connectivity index (χ4v) is 0.926. The molecule has 0 aliphatic heterocycles. The fourth-order valence-electron chi connectivity index (χ4n) is 0.926. The van der Waals surface area contributed by atoms with Crippen molar-refractivity contribution in [3.05, 3.63) is 35.4 Å². The number of rotatable bonds is 2. The van der Waals surface area contributed by atoms with Crippen LogP contribution in [0, 0.1) is 11.6 Å². The van der Waals surface area contributed by atoms with Crippen molar-refractivity contribution in [3.63, 3.8) is 0 Å². The molecule has 4 heteroatoms. The first-order chi connectivity index (χ1) is 5.65. The van der Waals surface area contributed by atoms with E-state index in [1.165, 1.54) is 0 Å². The number of hydrogen-bond donors (Lipinski definition) is 2. The number of hydrogen-bond acceptors (Lipinski definition) is 2. The van der Waals surface area contributed by atoms with Crippen molar-refractivity contribution in [2.45, 2.75) is 6.04 Å². The van der Waals surface area contributed by atoms with Crippen LogP contribution in [0.3, 0.4) is 0 Å². The van der Waals surface area contributed by atoms with Crippen LogP contribution < -0.4 is 11.5 Å². The predicted octanol–water partition coefficient (Wildman–Crippen LogP) is 0.923. The van der Waals surface area contributed by atoms with Crippen LogP contribution in [0.5, 0.6) is 0 Å². The van der Waals surface area contributed by atoms with Crippen LogP contribution in [0.15, 0.2) is 18.2 Å². The molecule has 0 aromatic heterocycles. The van der Waals surface area contributed by atoms with Crippen molar-refractivity contribution < 1.29 is 8.78 Å². The number of nitrogens with two attached hydrogens (primary N) is 2. The first kappa shape index (κ1) is 9.09. The van der Waals surface area contributed by atoms with Crippen molar-refractivity contribution in [2.75, 3.05) is 6.54 Å². The highest BCUT2D eigenvalue weighted by Gasteiger charge is 2.09. The Hall–Kier alpha value is -1.00. The number of halogens is 2. The zero-order chi connectivity index (χ0) is 9.14. The third kappa shape index (κ3) is 1.78. The van der Waals surface area contributed by atoms with Crippen LogP contribution in [0.25, 0.3) is 0 Å². The summed E-state index contributed by atoms with van der Waals surface area (Å²) in [6.45, 7) is 0.0976. The SMILES string of the molecule is NC[C@@H](N)c1cc(F)ccc1F. The summed E-state index contributed by atoms with van der Waals surface area (Å²) in [5.41, 5.74) is 10.8. The smallest absolute Gasteiger partial charge is 0.128 e. The lowest BCUT2D eigenvalue weighted by Gasteiger charge is -2.09. The van der Waals surface area contributed by atoms with E-state index in [4.69, 9.17) is 11.5 Å². The standard InChI is InChI=1S/C8H10F2N2/c9-5-1-2-7(10)6(3-5)8(12)4-11/h1-3,8H,4,11-12H2/t8-/m1/s1. The molecule has 0 unspecified atom stereocenters. The topological polar surface area (TPSA) is 52.0 Å². The Bertz CT molecular complexity index is 276. The molecule has 0 heterocycles. The van der Waals surface area contributed by atoms with Crippen LogP contribution in [0.4, 0.5) is 8.78 Å². The van der Waals surface area contributed by atoms with E-state index in [1.54, 1.807) is 0 Å². The van der Waals surface area contributed by atoms with Gasteiger partial charge in [-0.25, -0.2) is 8.78 Å². The van der Waals surface area contributed by atoms with Gasteiger partial charge < -0.3 is 11.5 Å². The molecule has 0 aliphatic rings. The fraction of sp³-hybridized carbons (Fsp3) is 0.250. The lowest BCUT2D eigenvalue weighted by atomic mass is 10.1. The third-order valence-corrected chi connectivity index (χ3v) is 1.61.